The monoisotopic (exact) mass is 265 g/mol. The fourth-order valence-electron chi connectivity index (χ4n) is 2.60. The average Bonchev–Trinajstić information content (AvgIpc) is 2.65. The zero-order chi connectivity index (χ0) is 14.5. The third-order valence-electron chi connectivity index (χ3n) is 3.56. The Morgan fingerprint density at radius 3 is 2.16 bits per heavy atom. The van der Waals surface area contributed by atoms with Crippen LogP contribution in [0.2, 0.25) is 0 Å². The number of hydrogen-bond acceptors (Lipinski definition) is 2. The molecule has 0 atom stereocenters. The van der Waals surface area contributed by atoms with Gasteiger partial charge in [0, 0.05) is 12.0 Å². The number of rotatable bonds is 7. The second-order valence-electron chi connectivity index (χ2n) is 6.38. The van der Waals surface area contributed by atoms with E-state index in [0.29, 0.717) is 0 Å². The van der Waals surface area contributed by atoms with Crippen LogP contribution < -0.4 is 5.73 Å². The van der Waals surface area contributed by atoms with Crippen LogP contribution in [0.5, 0.6) is 0 Å². The van der Waals surface area contributed by atoms with Crippen molar-refractivity contribution in [2.75, 3.05) is 5.73 Å². The van der Waals surface area contributed by atoms with Gasteiger partial charge >= 0.3 is 0 Å². The van der Waals surface area contributed by atoms with E-state index in [0.717, 1.165) is 30.2 Å². The van der Waals surface area contributed by atoms with Gasteiger partial charge in [-0.05, 0) is 33.6 Å². The molecule has 19 heavy (non-hydrogen) atoms. The highest BCUT2D eigenvalue weighted by molar-refractivity contribution is 5.39. The normalized spacial score (nSPS) is 12.1. The molecule has 2 N–H and O–H groups in total. The molecule has 110 valence electrons. The predicted octanol–water partition coefficient (Wildman–Crippen LogP) is 4.30. The van der Waals surface area contributed by atoms with Crippen LogP contribution in [0.25, 0.3) is 0 Å². The van der Waals surface area contributed by atoms with Crippen molar-refractivity contribution >= 4 is 5.82 Å². The molecule has 0 saturated heterocycles. The summed E-state index contributed by atoms with van der Waals surface area (Å²) >= 11 is 0. The summed E-state index contributed by atoms with van der Waals surface area (Å²) in [6, 6.07) is 0. The lowest BCUT2D eigenvalue weighted by Crippen LogP contribution is -2.25. The molecular weight excluding hydrogens is 234 g/mol. The number of aromatic nitrogens is 2. The minimum atomic E-state index is 0.0168. The van der Waals surface area contributed by atoms with Crippen molar-refractivity contribution in [3.05, 3.63) is 11.5 Å². The first-order valence-electron chi connectivity index (χ1n) is 7.78. The molecule has 0 saturated carbocycles. The van der Waals surface area contributed by atoms with E-state index in [4.69, 9.17) is 10.7 Å². The van der Waals surface area contributed by atoms with Gasteiger partial charge < -0.3 is 10.3 Å². The average molecular weight is 265 g/mol. The summed E-state index contributed by atoms with van der Waals surface area (Å²) in [6.07, 6.45) is 8.42. The summed E-state index contributed by atoms with van der Waals surface area (Å²) in [6.45, 7) is 11.0. The Bertz CT molecular complexity index is 385. The minimum Gasteiger partial charge on any atom is -0.384 e. The quantitative estimate of drug-likeness (QED) is 0.747. The molecule has 0 aliphatic rings. The van der Waals surface area contributed by atoms with Crippen LogP contribution in [0.15, 0.2) is 0 Å². The molecule has 3 nitrogen and oxygen atoms in total. The van der Waals surface area contributed by atoms with E-state index in [1.165, 1.54) is 32.1 Å². The summed E-state index contributed by atoms with van der Waals surface area (Å²) in [7, 11) is 0. The van der Waals surface area contributed by atoms with Gasteiger partial charge in [0.2, 0.25) is 0 Å². The van der Waals surface area contributed by atoms with Gasteiger partial charge in [-0.1, -0.05) is 39.5 Å². The number of imidazole rings is 1. The molecule has 0 aromatic carbocycles. The van der Waals surface area contributed by atoms with Crippen LogP contribution in [0, 0.1) is 0 Å². The lowest BCUT2D eigenvalue weighted by atomic mass is 10.1. The van der Waals surface area contributed by atoms with E-state index in [1.54, 1.807) is 0 Å². The van der Waals surface area contributed by atoms with Crippen LogP contribution in [0.3, 0.4) is 0 Å². The summed E-state index contributed by atoms with van der Waals surface area (Å²) < 4.78 is 2.20. The molecule has 0 spiro atoms. The number of nitrogen functional groups attached to an aromatic ring is 1. The predicted molar refractivity (Wildman–Crippen MR) is 83.5 cm³/mol. The number of nitrogens with two attached hydrogens (primary N) is 1. The van der Waals surface area contributed by atoms with E-state index in [1.807, 2.05) is 0 Å². The zero-order valence-corrected chi connectivity index (χ0v) is 13.4. The van der Waals surface area contributed by atoms with Gasteiger partial charge in [-0.2, -0.15) is 0 Å². The number of unbranched alkanes of at least 4 members (excludes halogenated alkanes) is 4. The number of anilines is 1. The maximum absolute atomic E-state index is 6.31. The van der Waals surface area contributed by atoms with E-state index >= 15 is 0 Å². The third kappa shape index (κ3) is 4.26. The molecule has 0 fully saturated rings. The maximum Gasteiger partial charge on any atom is 0.127 e. The zero-order valence-electron chi connectivity index (χ0n) is 13.4. The SMILES string of the molecule is CCCCCCCc1nc(CC)n(C(C)(C)C)c1N. The number of hydrogen-bond donors (Lipinski definition) is 1. The highest BCUT2D eigenvalue weighted by atomic mass is 15.2. The molecule has 1 aromatic heterocycles. The van der Waals surface area contributed by atoms with Gasteiger partial charge in [-0.3, -0.25) is 0 Å². The molecule has 1 rings (SSSR count). The second-order valence-corrected chi connectivity index (χ2v) is 6.38. The van der Waals surface area contributed by atoms with Gasteiger partial charge in [0.25, 0.3) is 0 Å². The fourth-order valence-corrected chi connectivity index (χ4v) is 2.60. The van der Waals surface area contributed by atoms with E-state index in [9.17, 15) is 0 Å². The van der Waals surface area contributed by atoms with Crippen LogP contribution in [0.1, 0.15) is 78.2 Å². The van der Waals surface area contributed by atoms with Gasteiger partial charge in [0.15, 0.2) is 0 Å². The van der Waals surface area contributed by atoms with Crippen molar-refractivity contribution in [1.82, 2.24) is 9.55 Å². The Morgan fingerprint density at radius 2 is 1.68 bits per heavy atom. The minimum absolute atomic E-state index is 0.0168. The smallest absolute Gasteiger partial charge is 0.127 e. The van der Waals surface area contributed by atoms with Crippen LogP contribution >= 0.6 is 0 Å². The molecule has 0 bridgehead atoms. The van der Waals surface area contributed by atoms with Crippen molar-refractivity contribution in [1.29, 1.82) is 0 Å². The first-order valence-corrected chi connectivity index (χ1v) is 7.78. The van der Waals surface area contributed by atoms with Crippen LogP contribution in [0.4, 0.5) is 5.82 Å². The molecule has 1 aromatic rings. The molecule has 3 heteroatoms. The lowest BCUT2D eigenvalue weighted by molar-refractivity contribution is 0.389. The van der Waals surface area contributed by atoms with Crippen molar-refractivity contribution in [2.45, 2.75) is 85.1 Å². The first-order chi connectivity index (χ1) is 8.91. The summed E-state index contributed by atoms with van der Waals surface area (Å²) in [4.78, 5) is 4.75. The van der Waals surface area contributed by atoms with E-state index in [2.05, 4.69) is 39.2 Å². The van der Waals surface area contributed by atoms with Crippen molar-refractivity contribution in [2.24, 2.45) is 0 Å². The van der Waals surface area contributed by atoms with E-state index < -0.39 is 0 Å². The Balaban J connectivity index is 2.72. The highest BCUT2D eigenvalue weighted by Crippen LogP contribution is 2.26. The van der Waals surface area contributed by atoms with Gasteiger partial charge in [0.1, 0.15) is 11.6 Å². The topological polar surface area (TPSA) is 43.8 Å². The van der Waals surface area contributed by atoms with Crippen LogP contribution in [-0.4, -0.2) is 9.55 Å². The van der Waals surface area contributed by atoms with Crippen molar-refractivity contribution < 1.29 is 0 Å². The van der Waals surface area contributed by atoms with Gasteiger partial charge in [-0.25, -0.2) is 4.98 Å². The molecule has 0 radical (unpaired) electrons. The first kappa shape index (κ1) is 16.1. The number of aryl methyl sites for hydroxylation is 2. The Kier molecular flexibility index (Phi) is 5.89. The lowest BCUT2D eigenvalue weighted by Gasteiger charge is -2.24. The molecule has 1 heterocycles. The molecule has 0 aliphatic carbocycles. The standard InChI is InChI=1S/C16H31N3/c1-6-8-9-10-11-12-13-15(17)19(16(3,4)5)14(7-2)18-13/h6-12,17H2,1-5H3. The highest BCUT2D eigenvalue weighted by Gasteiger charge is 2.22. The summed E-state index contributed by atoms with van der Waals surface area (Å²) in [5, 5.41) is 0. The van der Waals surface area contributed by atoms with Crippen molar-refractivity contribution in [3.8, 4) is 0 Å². The Hall–Kier alpha value is -0.990. The maximum atomic E-state index is 6.31. The van der Waals surface area contributed by atoms with Crippen molar-refractivity contribution in [3.63, 3.8) is 0 Å². The summed E-state index contributed by atoms with van der Waals surface area (Å²) in [5.41, 5.74) is 7.42. The largest absolute Gasteiger partial charge is 0.384 e. The van der Waals surface area contributed by atoms with Gasteiger partial charge in [-0.15, -0.1) is 0 Å². The Morgan fingerprint density at radius 1 is 1.05 bits per heavy atom. The fraction of sp³-hybridized carbons (Fsp3) is 0.812. The van der Waals surface area contributed by atoms with Crippen LogP contribution in [-0.2, 0) is 18.4 Å². The molecular formula is C16H31N3. The molecule has 0 aliphatic heterocycles. The Labute approximate surface area is 118 Å². The summed E-state index contributed by atoms with van der Waals surface area (Å²) in [5.74, 6) is 1.99. The second kappa shape index (κ2) is 6.97. The number of nitrogens with zero attached hydrogens (tertiary/aromatic N) is 2. The van der Waals surface area contributed by atoms with Gasteiger partial charge in [0.05, 0.1) is 5.69 Å². The third-order valence-corrected chi connectivity index (χ3v) is 3.56. The molecule has 0 amide bonds. The molecule has 0 unspecified atom stereocenters. The van der Waals surface area contributed by atoms with E-state index in [-0.39, 0.29) is 5.54 Å².